The average Bonchev–Trinajstić information content (AvgIpc) is 3.24. The Morgan fingerprint density at radius 2 is 2.05 bits per heavy atom. The highest BCUT2D eigenvalue weighted by atomic mass is 16.5. The molecule has 2 amide bonds. The molecule has 0 spiro atoms. The van der Waals surface area contributed by atoms with E-state index in [-0.39, 0.29) is 17.9 Å². The Morgan fingerprint density at radius 1 is 1.35 bits per heavy atom. The summed E-state index contributed by atoms with van der Waals surface area (Å²) in [6.45, 7) is 7.74. The van der Waals surface area contributed by atoms with Gasteiger partial charge in [-0.15, -0.1) is 0 Å². The number of amides is 2. The van der Waals surface area contributed by atoms with Crippen LogP contribution in [0.5, 0.6) is 0 Å². The number of carbonyl (C=O) groups excluding carboxylic acids is 2. The predicted molar refractivity (Wildman–Crippen MR) is 76.2 cm³/mol. The Balaban J connectivity index is 1.94. The van der Waals surface area contributed by atoms with E-state index in [1.807, 2.05) is 6.92 Å². The fourth-order valence-corrected chi connectivity index (χ4v) is 2.85. The van der Waals surface area contributed by atoms with Gasteiger partial charge >= 0.3 is 0 Å². The molecular formula is C15H26N2O3. The molecule has 2 aliphatic rings. The second-order valence-corrected chi connectivity index (χ2v) is 6.11. The molecule has 0 aromatic carbocycles. The number of ether oxygens (including phenoxy) is 1. The molecule has 5 nitrogen and oxygen atoms in total. The Hall–Kier alpha value is -1.10. The van der Waals surface area contributed by atoms with Gasteiger partial charge in [0.05, 0.1) is 0 Å². The molecule has 0 aromatic heterocycles. The van der Waals surface area contributed by atoms with Crippen LogP contribution in [0.15, 0.2) is 0 Å². The highest BCUT2D eigenvalue weighted by molar-refractivity contribution is 5.99. The first-order chi connectivity index (χ1) is 9.50. The van der Waals surface area contributed by atoms with E-state index < -0.39 is 5.54 Å². The summed E-state index contributed by atoms with van der Waals surface area (Å²) in [4.78, 5) is 26.5. The van der Waals surface area contributed by atoms with Crippen molar-refractivity contribution in [2.24, 2.45) is 5.92 Å². The normalized spacial score (nSPS) is 30.6. The quantitative estimate of drug-likeness (QED) is 0.716. The van der Waals surface area contributed by atoms with Crippen molar-refractivity contribution in [3.8, 4) is 0 Å². The van der Waals surface area contributed by atoms with Crippen LogP contribution in [0, 0.1) is 5.92 Å². The van der Waals surface area contributed by atoms with Gasteiger partial charge in [0, 0.05) is 19.8 Å². The molecular weight excluding hydrogens is 256 g/mol. The summed E-state index contributed by atoms with van der Waals surface area (Å²) in [5, 5.41) is 2.93. The average molecular weight is 282 g/mol. The second kappa shape index (κ2) is 6.12. The summed E-state index contributed by atoms with van der Waals surface area (Å²) >= 11 is 0. The van der Waals surface area contributed by atoms with Crippen molar-refractivity contribution in [3.63, 3.8) is 0 Å². The van der Waals surface area contributed by atoms with Crippen LogP contribution >= 0.6 is 0 Å². The van der Waals surface area contributed by atoms with Crippen molar-refractivity contribution >= 4 is 11.8 Å². The molecule has 2 unspecified atom stereocenters. The van der Waals surface area contributed by atoms with E-state index in [1.165, 1.54) is 0 Å². The number of rotatable bonds is 7. The van der Waals surface area contributed by atoms with Gasteiger partial charge in [-0.25, -0.2) is 0 Å². The number of hydrogen-bond donors (Lipinski definition) is 1. The molecule has 0 aromatic rings. The van der Waals surface area contributed by atoms with Gasteiger partial charge in [0.2, 0.25) is 11.8 Å². The molecule has 2 rings (SSSR count). The lowest BCUT2D eigenvalue weighted by Gasteiger charge is -2.43. The first-order valence-corrected chi connectivity index (χ1v) is 7.71. The summed E-state index contributed by atoms with van der Waals surface area (Å²) in [6.07, 6.45) is 3.85. The molecule has 2 atom stereocenters. The van der Waals surface area contributed by atoms with E-state index in [0.29, 0.717) is 19.1 Å². The van der Waals surface area contributed by atoms with E-state index in [4.69, 9.17) is 4.74 Å². The summed E-state index contributed by atoms with van der Waals surface area (Å²) < 4.78 is 5.44. The third-order valence-corrected chi connectivity index (χ3v) is 4.36. The van der Waals surface area contributed by atoms with Crippen LogP contribution in [0.2, 0.25) is 0 Å². The molecule has 1 aliphatic heterocycles. The number of hydrogen-bond acceptors (Lipinski definition) is 3. The molecule has 1 saturated heterocycles. The van der Waals surface area contributed by atoms with E-state index >= 15 is 0 Å². The van der Waals surface area contributed by atoms with Gasteiger partial charge in [-0.05, 0) is 45.4 Å². The largest absolute Gasteiger partial charge is 0.381 e. The standard InChI is InChI=1S/C15H26N2O3/c1-4-9-20-10-5-8-17-11(2)13(18)16-15(3,14(17)19)12-6-7-12/h11-12H,4-10H2,1-3H3,(H,16,18). The number of nitrogens with zero attached hydrogens (tertiary/aromatic N) is 1. The fourth-order valence-electron chi connectivity index (χ4n) is 2.85. The van der Waals surface area contributed by atoms with Crippen molar-refractivity contribution in [1.29, 1.82) is 0 Å². The van der Waals surface area contributed by atoms with Crippen LogP contribution in [-0.4, -0.2) is 48.1 Å². The highest BCUT2D eigenvalue weighted by Gasteiger charge is 2.54. The highest BCUT2D eigenvalue weighted by Crippen LogP contribution is 2.42. The maximum absolute atomic E-state index is 12.7. The lowest BCUT2D eigenvalue weighted by molar-refractivity contribution is -0.154. The van der Waals surface area contributed by atoms with Gasteiger partial charge in [0.1, 0.15) is 11.6 Å². The Labute approximate surface area is 121 Å². The van der Waals surface area contributed by atoms with Crippen molar-refractivity contribution < 1.29 is 14.3 Å². The first kappa shape index (κ1) is 15.3. The molecule has 2 fully saturated rings. The predicted octanol–water partition coefficient (Wildman–Crippen LogP) is 1.32. The van der Waals surface area contributed by atoms with Crippen LogP contribution in [-0.2, 0) is 14.3 Å². The first-order valence-electron chi connectivity index (χ1n) is 7.71. The molecule has 1 aliphatic carbocycles. The topological polar surface area (TPSA) is 58.6 Å². The fraction of sp³-hybridized carbons (Fsp3) is 0.867. The van der Waals surface area contributed by atoms with Gasteiger partial charge in [-0.3, -0.25) is 9.59 Å². The summed E-state index contributed by atoms with van der Waals surface area (Å²) in [6, 6.07) is -0.375. The zero-order chi connectivity index (χ0) is 14.8. The van der Waals surface area contributed by atoms with Crippen LogP contribution in [0.25, 0.3) is 0 Å². The van der Waals surface area contributed by atoms with Crippen molar-refractivity contribution in [2.45, 2.75) is 58.0 Å². The number of carbonyl (C=O) groups is 2. The summed E-state index contributed by atoms with van der Waals surface area (Å²) in [5.74, 6) is 0.348. The smallest absolute Gasteiger partial charge is 0.249 e. The maximum atomic E-state index is 12.7. The van der Waals surface area contributed by atoms with Gasteiger partial charge in [0.25, 0.3) is 0 Å². The Morgan fingerprint density at radius 3 is 2.65 bits per heavy atom. The monoisotopic (exact) mass is 282 g/mol. The molecule has 1 heterocycles. The van der Waals surface area contributed by atoms with Crippen LogP contribution in [0.3, 0.4) is 0 Å². The van der Waals surface area contributed by atoms with E-state index in [2.05, 4.69) is 12.2 Å². The van der Waals surface area contributed by atoms with Crippen LogP contribution < -0.4 is 5.32 Å². The third kappa shape index (κ3) is 2.97. The van der Waals surface area contributed by atoms with Gasteiger partial charge < -0.3 is 15.0 Å². The maximum Gasteiger partial charge on any atom is 0.249 e. The lowest BCUT2D eigenvalue weighted by atomic mass is 9.89. The van der Waals surface area contributed by atoms with E-state index in [1.54, 1.807) is 11.8 Å². The Kier molecular flexibility index (Phi) is 4.68. The molecule has 1 saturated carbocycles. The minimum Gasteiger partial charge on any atom is -0.381 e. The minimum absolute atomic E-state index is 0.0338. The second-order valence-electron chi connectivity index (χ2n) is 6.11. The minimum atomic E-state index is -0.687. The molecule has 0 bridgehead atoms. The van der Waals surface area contributed by atoms with Gasteiger partial charge in [-0.1, -0.05) is 6.92 Å². The third-order valence-electron chi connectivity index (χ3n) is 4.36. The van der Waals surface area contributed by atoms with E-state index in [0.717, 1.165) is 32.3 Å². The number of piperazine rings is 1. The van der Waals surface area contributed by atoms with E-state index in [9.17, 15) is 9.59 Å². The molecule has 20 heavy (non-hydrogen) atoms. The zero-order valence-corrected chi connectivity index (χ0v) is 12.8. The summed E-state index contributed by atoms with van der Waals surface area (Å²) in [7, 11) is 0. The van der Waals surface area contributed by atoms with Gasteiger partial charge in [0.15, 0.2) is 0 Å². The zero-order valence-electron chi connectivity index (χ0n) is 12.8. The number of nitrogens with one attached hydrogen (secondary N) is 1. The molecule has 1 N–H and O–H groups in total. The van der Waals surface area contributed by atoms with Crippen molar-refractivity contribution in [1.82, 2.24) is 10.2 Å². The molecule has 5 heteroatoms. The van der Waals surface area contributed by atoms with Gasteiger partial charge in [-0.2, -0.15) is 0 Å². The summed E-state index contributed by atoms with van der Waals surface area (Å²) in [5.41, 5.74) is -0.687. The van der Waals surface area contributed by atoms with Crippen LogP contribution in [0.4, 0.5) is 0 Å². The lowest BCUT2D eigenvalue weighted by Crippen LogP contribution is -2.69. The van der Waals surface area contributed by atoms with Crippen molar-refractivity contribution in [3.05, 3.63) is 0 Å². The van der Waals surface area contributed by atoms with Crippen molar-refractivity contribution in [2.75, 3.05) is 19.8 Å². The molecule has 114 valence electrons. The SMILES string of the molecule is CCCOCCCN1C(=O)C(C)(C2CC2)NC(=O)C1C. The molecule has 0 radical (unpaired) electrons. The van der Waals surface area contributed by atoms with Crippen LogP contribution in [0.1, 0.15) is 46.5 Å². The Bertz CT molecular complexity index is 381.